The van der Waals surface area contributed by atoms with Gasteiger partial charge in [0.2, 0.25) is 5.91 Å². The Morgan fingerprint density at radius 1 is 1.17 bits per heavy atom. The summed E-state index contributed by atoms with van der Waals surface area (Å²) >= 11 is 0. The Bertz CT molecular complexity index is 964. The number of rotatable bonds is 5. The van der Waals surface area contributed by atoms with Crippen LogP contribution in [0.2, 0.25) is 0 Å². The standard InChI is InChI=1S/C20H22N4O5/c1-28-13-5-7-14-11(9-13)3-6-15-18(14)22-23-19(15)20(25)21-16-8-4-12(24(26)27)10-17(16)29-2/h4-5,7-10,15,18-19,22-23H,3,6H2,1-2H3,(H,21,25). The number of hydrogen-bond acceptors (Lipinski definition) is 7. The molecular formula is C20H22N4O5. The molecule has 4 rings (SSSR count). The van der Waals surface area contributed by atoms with Crippen LogP contribution in [0.5, 0.6) is 11.5 Å². The van der Waals surface area contributed by atoms with E-state index in [1.807, 2.05) is 18.2 Å². The van der Waals surface area contributed by atoms with Gasteiger partial charge in [0.05, 0.1) is 36.9 Å². The molecule has 1 aliphatic heterocycles. The highest BCUT2D eigenvalue weighted by Gasteiger charge is 2.43. The van der Waals surface area contributed by atoms with Gasteiger partial charge in [-0.25, -0.2) is 10.9 Å². The minimum Gasteiger partial charge on any atom is -0.497 e. The van der Waals surface area contributed by atoms with Gasteiger partial charge in [-0.15, -0.1) is 0 Å². The maximum atomic E-state index is 12.9. The van der Waals surface area contributed by atoms with Crippen molar-refractivity contribution in [1.29, 1.82) is 0 Å². The lowest BCUT2D eigenvalue weighted by Crippen LogP contribution is -2.42. The quantitative estimate of drug-likeness (QED) is 0.523. The van der Waals surface area contributed by atoms with E-state index in [4.69, 9.17) is 9.47 Å². The number of carbonyl (C=O) groups is 1. The number of nitro benzene ring substituents is 1. The molecular weight excluding hydrogens is 376 g/mol. The van der Waals surface area contributed by atoms with Crippen molar-refractivity contribution >= 4 is 17.3 Å². The molecule has 3 unspecified atom stereocenters. The zero-order valence-corrected chi connectivity index (χ0v) is 16.1. The number of methoxy groups -OCH3 is 2. The van der Waals surface area contributed by atoms with Crippen molar-refractivity contribution in [3.8, 4) is 11.5 Å². The summed E-state index contributed by atoms with van der Waals surface area (Å²) in [5.41, 5.74) is 9.05. The van der Waals surface area contributed by atoms with Gasteiger partial charge >= 0.3 is 0 Å². The maximum absolute atomic E-state index is 12.9. The minimum absolute atomic E-state index is 0.0270. The zero-order chi connectivity index (χ0) is 20.5. The Labute approximate surface area is 167 Å². The molecule has 2 aliphatic rings. The molecule has 0 saturated carbocycles. The average Bonchev–Trinajstić information content (AvgIpc) is 3.18. The van der Waals surface area contributed by atoms with Gasteiger partial charge in [-0.1, -0.05) is 6.07 Å². The fourth-order valence-corrected chi connectivity index (χ4v) is 4.15. The Morgan fingerprint density at radius 2 is 2.00 bits per heavy atom. The highest BCUT2D eigenvalue weighted by molar-refractivity contribution is 5.96. The van der Waals surface area contributed by atoms with Gasteiger partial charge < -0.3 is 14.8 Å². The first-order chi connectivity index (χ1) is 14.0. The SMILES string of the molecule is COc1ccc2c(c1)CCC1C(C(=O)Nc3ccc([N+](=O)[O-])cc3OC)NNC21. The molecule has 29 heavy (non-hydrogen) atoms. The molecule has 0 aromatic heterocycles. The minimum atomic E-state index is -0.504. The number of ether oxygens (including phenoxy) is 2. The molecule has 2 aromatic carbocycles. The predicted octanol–water partition coefficient (Wildman–Crippen LogP) is 2.33. The Balaban J connectivity index is 1.52. The number of hydrazine groups is 1. The topological polar surface area (TPSA) is 115 Å². The number of nitrogens with one attached hydrogen (secondary N) is 3. The van der Waals surface area contributed by atoms with E-state index in [2.05, 4.69) is 16.2 Å². The summed E-state index contributed by atoms with van der Waals surface area (Å²) in [6, 6.07) is 9.72. The van der Waals surface area contributed by atoms with Crippen LogP contribution >= 0.6 is 0 Å². The molecule has 9 nitrogen and oxygen atoms in total. The molecule has 1 amide bonds. The third-order valence-electron chi connectivity index (χ3n) is 5.62. The number of fused-ring (bicyclic) bond motifs is 3. The second-order valence-corrected chi connectivity index (χ2v) is 7.14. The van der Waals surface area contributed by atoms with Crippen molar-refractivity contribution in [3.63, 3.8) is 0 Å². The van der Waals surface area contributed by atoms with Crippen molar-refractivity contribution in [2.24, 2.45) is 5.92 Å². The van der Waals surface area contributed by atoms with Crippen LogP contribution in [-0.4, -0.2) is 31.1 Å². The summed E-state index contributed by atoms with van der Waals surface area (Å²) in [7, 11) is 3.06. The lowest BCUT2D eigenvalue weighted by Gasteiger charge is -2.29. The molecule has 152 valence electrons. The van der Waals surface area contributed by atoms with Gasteiger partial charge in [0.15, 0.2) is 0 Å². The maximum Gasteiger partial charge on any atom is 0.273 e. The predicted molar refractivity (Wildman–Crippen MR) is 106 cm³/mol. The first-order valence-electron chi connectivity index (χ1n) is 9.33. The number of non-ortho nitro benzene ring substituents is 1. The highest BCUT2D eigenvalue weighted by Crippen LogP contribution is 2.40. The molecule has 2 aromatic rings. The highest BCUT2D eigenvalue weighted by atomic mass is 16.6. The molecule has 1 saturated heterocycles. The first kappa shape index (κ1) is 19.2. The van der Waals surface area contributed by atoms with E-state index in [1.165, 1.54) is 30.9 Å². The Kier molecular flexibility index (Phi) is 5.08. The molecule has 0 bridgehead atoms. The normalized spacial score (nSPS) is 22.3. The Morgan fingerprint density at radius 3 is 2.72 bits per heavy atom. The van der Waals surface area contributed by atoms with Crippen LogP contribution in [0.25, 0.3) is 0 Å². The summed E-state index contributed by atoms with van der Waals surface area (Å²) in [6.45, 7) is 0. The van der Waals surface area contributed by atoms with E-state index in [0.717, 1.165) is 24.2 Å². The fourth-order valence-electron chi connectivity index (χ4n) is 4.15. The number of nitrogens with zero attached hydrogens (tertiary/aromatic N) is 1. The van der Waals surface area contributed by atoms with Crippen LogP contribution in [0.1, 0.15) is 23.6 Å². The number of benzene rings is 2. The van der Waals surface area contributed by atoms with Crippen molar-refractivity contribution in [2.75, 3.05) is 19.5 Å². The number of amides is 1. The number of aryl methyl sites for hydroxylation is 1. The molecule has 1 heterocycles. The van der Waals surface area contributed by atoms with E-state index in [1.54, 1.807) is 7.11 Å². The van der Waals surface area contributed by atoms with Crippen molar-refractivity contribution in [1.82, 2.24) is 10.9 Å². The number of hydrogen-bond donors (Lipinski definition) is 3. The fraction of sp³-hybridized carbons (Fsp3) is 0.350. The summed E-state index contributed by atoms with van der Waals surface area (Å²) in [6.07, 6.45) is 1.71. The molecule has 1 fully saturated rings. The molecule has 1 aliphatic carbocycles. The van der Waals surface area contributed by atoms with Crippen LogP contribution < -0.4 is 25.6 Å². The first-order valence-corrected chi connectivity index (χ1v) is 9.33. The van der Waals surface area contributed by atoms with Gasteiger partial charge in [0, 0.05) is 12.0 Å². The van der Waals surface area contributed by atoms with Crippen LogP contribution in [0.3, 0.4) is 0 Å². The lowest BCUT2D eigenvalue weighted by molar-refractivity contribution is -0.384. The van der Waals surface area contributed by atoms with Crippen LogP contribution in [0.15, 0.2) is 36.4 Å². The largest absolute Gasteiger partial charge is 0.497 e. The molecule has 3 atom stereocenters. The van der Waals surface area contributed by atoms with Gasteiger partial charge in [0.1, 0.15) is 17.5 Å². The second kappa shape index (κ2) is 7.69. The van der Waals surface area contributed by atoms with Crippen LogP contribution in [0.4, 0.5) is 11.4 Å². The van der Waals surface area contributed by atoms with Crippen molar-refractivity contribution in [3.05, 3.63) is 57.6 Å². The van der Waals surface area contributed by atoms with Crippen molar-refractivity contribution in [2.45, 2.75) is 24.9 Å². The monoisotopic (exact) mass is 398 g/mol. The summed E-state index contributed by atoms with van der Waals surface area (Å²) < 4.78 is 10.5. The molecule has 9 heteroatoms. The zero-order valence-electron chi connectivity index (χ0n) is 16.1. The van der Waals surface area contributed by atoms with E-state index >= 15 is 0 Å². The number of carbonyl (C=O) groups excluding carboxylic acids is 1. The van der Waals surface area contributed by atoms with E-state index in [-0.39, 0.29) is 29.3 Å². The lowest BCUT2D eigenvalue weighted by atomic mass is 9.77. The van der Waals surface area contributed by atoms with Crippen molar-refractivity contribution < 1.29 is 19.2 Å². The van der Waals surface area contributed by atoms with Crippen LogP contribution in [0, 0.1) is 16.0 Å². The Hall–Kier alpha value is -3.17. The third kappa shape index (κ3) is 3.50. The molecule has 0 radical (unpaired) electrons. The second-order valence-electron chi connectivity index (χ2n) is 7.14. The van der Waals surface area contributed by atoms with E-state index in [9.17, 15) is 14.9 Å². The van der Waals surface area contributed by atoms with Gasteiger partial charge in [-0.05, 0) is 42.2 Å². The molecule has 0 spiro atoms. The average molecular weight is 398 g/mol. The van der Waals surface area contributed by atoms with Gasteiger partial charge in [0.25, 0.3) is 5.69 Å². The summed E-state index contributed by atoms with van der Waals surface area (Å²) in [4.78, 5) is 23.4. The smallest absolute Gasteiger partial charge is 0.273 e. The van der Waals surface area contributed by atoms with Gasteiger partial charge in [-0.3, -0.25) is 14.9 Å². The summed E-state index contributed by atoms with van der Waals surface area (Å²) in [5.74, 6) is 0.943. The number of nitro groups is 1. The van der Waals surface area contributed by atoms with E-state index < -0.39 is 11.0 Å². The third-order valence-corrected chi connectivity index (χ3v) is 5.62. The summed E-state index contributed by atoms with van der Waals surface area (Å²) in [5, 5.41) is 13.8. The van der Waals surface area contributed by atoms with Gasteiger partial charge in [-0.2, -0.15) is 0 Å². The number of anilines is 1. The van der Waals surface area contributed by atoms with Crippen LogP contribution in [-0.2, 0) is 11.2 Å². The van der Waals surface area contributed by atoms with E-state index in [0.29, 0.717) is 5.69 Å². The molecule has 3 N–H and O–H groups in total.